The zero-order valence-corrected chi connectivity index (χ0v) is 18.6. The Morgan fingerprint density at radius 3 is 2.76 bits per heavy atom. The van der Waals surface area contributed by atoms with Gasteiger partial charge in [-0.15, -0.1) is 11.3 Å². The van der Waals surface area contributed by atoms with E-state index in [4.69, 9.17) is 0 Å². The summed E-state index contributed by atoms with van der Waals surface area (Å²) >= 11 is 1.20. The van der Waals surface area contributed by atoms with E-state index in [1.807, 2.05) is 12.1 Å². The molecule has 0 aliphatic carbocycles. The van der Waals surface area contributed by atoms with Gasteiger partial charge >= 0.3 is 6.03 Å². The van der Waals surface area contributed by atoms with Gasteiger partial charge in [-0.3, -0.25) is 29.3 Å². The zero-order chi connectivity index (χ0) is 23.2. The van der Waals surface area contributed by atoms with Gasteiger partial charge in [0.2, 0.25) is 5.91 Å². The maximum atomic E-state index is 13.2. The lowest BCUT2D eigenvalue weighted by molar-refractivity contribution is -0.136. The summed E-state index contributed by atoms with van der Waals surface area (Å²) in [6.07, 6.45) is 3.80. The minimum absolute atomic E-state index is 0.154. The summed E-state index contributed by atoms with van der Waals surface area (Å²) in [7, 11) is 1.48. The van der Waals surface area contributed by atoms with Crippen LogP contribution in [0.5, 0.6) is 0 Å². The average Bonchev–Trinajstić information content (AvgIpc) is 3.56. The largest absolute Gasteiger partial charge is 0.341 e. The monoisotopic (exact) mass is 467 g/mol. The summed E-state index contributed by atoms with van der Waals surface area (Å²) in [5, 5.41) is 12.3. The number of fused-ring (bicyclic) bond motifs is 1. The predicted molar refractivity (Wildman–Crippen MR) is 120 cm³/mol. The van der Waals surface area contributed by atoms with Gasteiger partial charge in [0.15, 0.2) is 5.01 Å². The van der Waals surface area contributed by atoms with E-state index in [2.05, 4.69) is 20.5 Å². The predicted octanol–water partition coefficient (Wildman–Crippen LogP) is 1.21. The second-order valence-electron chi connectivity index (χ2n) is 8.06. The second kappa shape index (κ2) is 7.96. The molecule has 2 N–H and O–H groups in total. The van der Waals surface area contributed by atoms with E-state index in [1.54, 1.807) is 27.4 Å². The van der Waals surface area contributed by atoms with Gasteiger partial charge in [0.1, 0.15) is 5.54 Å². The molecule has 1 aromatic carbocycles. The number of piperidine rings is 1. The first kappa shape index (κ1) is 21.1. The first-order valence-electron chi connectivity index (χ1n) is 10.4. The maximum Gasteiger partial charge on any atom is 0.331 e. The molecule has 0 atom stereocenters. The molecule has 0 bridgehead atoms. The molecule has 2 aliphatic rings. The third-order valence-electron chi connectivity index (χ3n) is 6.26. The molecular formula is C21H21N7O4S. The molecule has 5 amide bonds. The molecule has 0 radical (unpaired) electrons. The van der Waals surface area contributed by atoms with Gasteiger partial charge in [0.05, 0.1) is 18.3 Å². The first-order valence-corrected chi connectivity index (χ1v) is 11.3. The lowest BCUT2D eigenvalue weighted by atomic mass is 9.85. The smallest absolute Gasteiger partial charge is 0.331 e. The molecule has 0 unspecified atom stereocenters. The number of amides is 5. The number of hydrogen-bond acceptors (Lipinski definition) is 7. The summed E-state index contributed by atoms with van der Waals surface area (Å²) in [4.78, 5) is 59.2. The van der Waals surface area contributed by atoms with Crippen molar-refractivity contribution in [3.05, 3.63) is 41.0 Å². The van der Waals surface area contributed by atoms with Gasteiger partial charge in [0, 0.05) is 42.8 Å². The number of hydrogen-bond donors (Lipinski definition) is 2. The van der Waals surface area contributed by atoms with Gasteiger partial charge in [-0.1, -0.05) is 0 Å². The Morgan fingerprint density at radius 1 is 1.24 bits per heavy atom. The van der Waals surface area contributed by atoms with Crippen LogP contribution in [0.1, 0.15) is 22.6 Å². The van der Waals surface area contributed by atoms with E-state index >= 15 is 0 Å². The quantitative estimate of drug-likeness (QED) is 0.555. The molecule has 2 saturated heterocycles. The lowest BCUT2D eigenvalue weighted by Gasteiger charge is -2.42. The lowest BCUT2D eigenvalue weighted by Crippen LogP contribution is -2.58. The Hall–Kier alpha value is -3.80. The number of nitrogens with zero attached hydrogens (tertiary/aromatic N) is 5. The Balaban J connectivity index is 1.31. The van der Waals surface area contributed by atoms with Gasteiger partial charge in [-0.2, -0.15) is 5.10 Å². The van der Waals surface area contributed by atoms with Crippen molar-refractivity contribution in [1.29, 1.82) is 0 Å². The third-order valence-corrected chi connectivity index (χ3v) is 7.03. The average molecular weight is 468 g/mol. The summed E-state index contributed by atoms with van der Waals surface area (Å²) in [5.74, 6) is -0.916. The van der Waals surface area contributed by atoms with Crippen molar-refractivity contribution in [1.82, 2.24) is 30.3 Å². The molecule has 1 spiro atoms. The van der Waals surface area contributed by atoms with Crippen LogP contribution in [0.25, 0.3) is 10.9 Å². The van der Waals surface area contributed by atoms with Crippen LogP contribution >= 0.6 is 11.3 Å². The number of aromatic nitrogens is 3. The Kier molecular flexibility index (Phi) is 5.08. The minimum Gasteiger partial charge on any atom is -0.341 e. The van der Waals surface area contributed by atoms with Gasteiger partial charge in [0.25, 0.3) is 11.8 Å². The molecule has 170 valence electrons. The fourth-order valence-corrected chi connectivity index (χ4v) is 5.05. The van der Waals surface area contributed by atoms with Gasteiger partial charge < -0.3 is 10.2 Å². The van der Waals surface area contributed by atoms with Crippen molar-refractivity contribution in [2.45, 2.75) is 18.4 Å². The molecule has 11 nitrogen and oxygen atoms in total. The fourth-order valence-electron chi connectivity index (χ4n) is 4.50. The number of benzene rings is 1. The molecule has 2 aliphatic heterocycles. The fraction of sp³-hybridized carbons (Fsp3) is 0.333. The molecule has 33 heavy (non-hydrogen) atoms. The first-order chi connectivity index (χ1) is 15.9. The molecule has 12 heteroatoms. The highest BCUT2D eigenvalue weighted by atomic mass is 32.1. The van der Waals surface area contributed by atoms with Crippen molar-refractivity contribution in [3.63, 3.8) is 0 Å². The van der Waals surface area contributed by atoms with Crippen molar-refractivity contribution in [2.24, 2.45) is 0 Å². The summed E-state index contributed by atoms with van der Waals surface area (Å²) in [5.41, 5.74) is 0.394. The molecule has 2 aromatic heterocycles. The number of H-pyrrole nitrogens is 1. The topological polar surface area (TPSA) is 132 Å². The van der Waals surface area contributed by atoms with Gasteiger partial charge in [-0.05, 0) is 31.0 Å². The maximum absolute atomic E-state index is 13.2. The summed E-state index contributed by atoms with van der Waals surface area (Å²) in [6.45, 7) is 0.436. The number of anilines is 1. The number of likely N-dealkylation sites (N-methyl/N-ethyl adjacent to an activating group) is 1. The number of likely N-dealkylation sites (tertiary alicyclic amines) is 1. The summed E-state index contributed by atoms with van der Waals surface area (Å²) < 4.78 is 0. The highest BCUT2D eigenvalue weighted by molar-refractivity contribution is 7.11. The van der Waals surface area contributed by atoms with Crippen LogP contribution in [0, 0.1) is 0 Å². The van der Waals surface area contributed by atoms with Crippen LogP contribution in [0.15, 0.2) is 36.0 Å². The van der Waals surface area contributed by atoms with Crippen molar-refractivity contribution < 1.29 is 19.2 Å². The van der Waals surface area contributed by atoms with Crippen LogP contribution < -0.4 is 10.2 Å². The van der Waals surface area contributed by atoms with E-state index < -0.39 is 17.5 Å². The zero-order valence-electron chi connectivity index (χ0n) is 17.8. The van der Waals surface area contributed by atoms with E-state index in [-0.39, 0.29) is 18.4 Å². The molecule has 2 fully saturated rings. The van der Waals surface area contributed by atoms with E-state index in [9.17, 15) is 19.2 Å². The Labute approximate surface area is 192 Å². The highest BCUT2D eigenvalue weighted by Gasteiger charge is 2.57. The van der Waals surface area contributed by atoms with Crippen LogP contribution in [0.3, 0.4) is 0 Å². The van der Waals surface area contributed by atoms with E-state index in [0.717, 1.165) is 15.8 Å². The summed E-state index contributed by atoms with van der Waals surface area (Å²) in [6, 6.07) is 5.05. The molecular weight excluding hydrogens is 446 g/mol. The Morgan fingerprint density at radius 2 is 2.03 bits per heavy atom. The second-order valence-corrected chi connectivity index (χ2v) is 8.95. The Bertz CT molecular complexity index is 1250. The van der Waals surface area contributed by atoms with Crippen molar-refractivity contribution >= 4 is 51.7 Å². The van der Waals surface area contributed by atoms with Crippen LogP contribution in [0.4, 0.5) is 10.5 Å². The number of nitrogens with one attached hydrogen (secondary N) is 2. The number of carbonyl (C=O) groups excluding carboxylic acids is 4. The van der Waals surface area contributed by atoms with Crippen LogP contribution in [-0.2, 0) is 9.59 Å². The van der Waals surface area contributed by atoms with E-state index in [1.165, 1.54) is 24.6 Å². The number of urea groups is 1. The molecule has 4 heterocycles. The van der Waals surface area contributed by atoms with Gasteiger partial charge in [-0.25, -0.2) is 9.78 Å². The molecule has 5 rings (SSSR count). The normalized spacial score (nSPS) is 17.9. The standard InChI is InChI=1S/C21H21N7O4S/c1-26-19(31)21(28(20(26)32)14-2-3-15-13(10-14)11-24-25-15)4-7-27(8-5-21)16(29)12-23-17(30)18-22-6-9-33-18/h2-3,6,9-11H,4-5,7-8,12H2,1H3,(H,23,30)(H,24,25). The number of aromatic amines is 1. The highest BCUT2D eigenvalue weighted by Crippen LogP contribution is 2.40. The van der Waals surface area contributed by atoms with Crippen molar-refractivity contribution in [2.75, 3.05) is 31.6 Å². The van der Waals surface area contributed by atoms with E-state index in [0.29, 0.717) is 36.6 Å². The number of rotatable bonds is 4. The molecule has 3 aromatic rings. The number of carbonyl (C=O) groups is 4. The minimum atomic E-state index is -1.05. The van der Waals surface area contributed by atoms with Crippen molar-refractivity contribution in [3.8, 4) is 0 Å². The SMILES string of the molecule is CN1C(=O)N(c2ccc3[nH]ncc3c2)C2(CCN(C(=O)CNC(=O)c3nccs3)CC2)C1=O. The van der Waals surface area contributed by atoms with Crippen LogP contribution in [-0.4, -0.2) is 81.0 Å². The number of thiazole rings is 1. The van der Waals surface area contributed by atoms with Crippen LogP contribution in [0.2, 0.25) is 0 Å². The molecule has 0 saturated carbocycles. The number of imide groups is 1. The third kappa shape index (κ3) is 3.42.